The van der Waals surface area contributed by atoms with Crippen LogP contribution in [0.1, 0.15) is 0 Å². The largest absolute Gasteiger partial charge is 2.00 e. The summed E-state index contributed by atoms with van der Waals surface area (Å²) in [4.78, 5) is 27.2. The van der Waals surface area contributed by atoms with E-state index in [1.54, 1.807) is 18.6 Å². The number of imidazole rings is 1. The van der Waals surface area contributed by atoms with Crippen molar-refractivity contribution in [3.8, 4) is 22.6 Å². The van der Waals surface area contributed by atoms with Gasteiger partial charge in [0, 0.05) is 23.3 Å². The van der Waals surface area contributed by atoms with Gasteiger partial charge in [0.1, 0.15) is 0 Å². The van der Waals surface area contributed by atoms with Gasteiger partial charge in [0.05, 0.1) is 11.5 Å². The Hall–Kier alpha value is -5.26. The molecule has 0 saturated heterocycles. The summed E-state index contributed by atoms with van der Waals surface area (Å²) in [6, 6.07) is 42.1. The SMILES string of the molecule is [Zn+2].c1ccc(-c2ccccc2-c2nc3ccccc3[n-]2)nc1.c1ccc2c(N=c3[n-]ccc4ccccc34)nccc2c1. The van der Waals surface area contributed by atoms with Crippen molar-refractivity contribution in [2.75, 3.05) is 0 Å². The molecular formula is C36H24N6Zn. The Morgan fingerprint density at radius 3 is 2.07 bits per heavy atom. The monoisotopic (exact) mass is 604 g/mol. The summed E-state index contributed by atoms with van der Waals surface area (Å²) < 4.78 is 0. The molecule has 0 bridgehead atoms. The average Bonchev–Trinajstić information content (AvgIpc) is 3.50. The van der Waals surface area contributed by atoms with Crippen molar-refractivity contribution in [2.24, 2.45) is 4.99 Å². The molecule has 43 heavy (non-hydrogen) atoms. The molecule has 4 heterocycles. The van der Waals surface area contributed by atoms with Gasteiger partial charge in [0.2, 0.25) is 0 Å². The number of aromatic nitrogens is 5. The average molecular weight is 606 g/mol. The molecule has 0 N–H and O–H groups in total. The summed E-state index contributed by atoms with van der Waals surface area (Å²) in [6.07, 6.45) is 5.37. The Morgan fingerprint density at radius 2 is 1.26 bits per heavy atom. The Kier molecular flexibility index (Phi) is 8.25. The van der Waals surface area contributed by atoms with Gasteiger partial charge in [-0.1, -0.05) is 121 Å². The van der Waals surface area contributed by atoms with Gasteiger partial charge >= 0.3 is 19.5 Å². The van der Waals surface area contributed by atoms with Crippen molar-refractivity contribution < 1.29 is 19.5 Å². The molecule has 0 radical (unpaired) electrons. The van der Waals surface area contributed by atoms with Crippen LogP contribution in [0, 0.1) is 0 Å². The maximum atomic E-state index is 4.68. The first kappa shape index (κ1) is 27.9. The third-order valence-electron chi connectivity index (χ3n) is 6.96. The van der Waals surface area contributed by atoms with E-state index in [4.69, 9.17) is 0 Å². The van der Waals surface area contributed by atoms with Gasteiger partial charge in [-0.05, 0) is 56.4 Å². The number of fused-ring (bicyclic) bond motifs is 3. The number of benzene rings is 4. The predicted molar refractivity (Wildman–Crippen MR) is 168 cm³/mol. The first-order valence-electron chi connectivity index (χ1n) is 13.6. The Bertz CT molecular complexity index is 2180. The molecular weight excluding hydrogens is 582 g/mol. The maximum absolute atomic E-state index is 4.68. The summed E-state index contributed by atoms with van der Waals surface area (Å²) in [5, 5.41) is 4.34. The third-order valence-corrected chi connectivity index (χ3v) is 6.96. The van der Waals surface area contributed by atoms with Gasteiger partial charge in [-0.2, -0.15) is 0 Å². The van der Waals surface area contributed by atoms with Crippen molar-refractivity contribution in [1.29, 1.82) is 0 Å². The van der Waals surface area contributed by atoms with Crippen LogP contribution in [0.4, 0.5) is 5.82 Å². The van der Waals surface area contributed by atoms with E-state index in [0.29, 0.717) is 11.3 Å². The molecule has 0 fully saturated rings. The Labute approximate surface area is 261 Å². The van der Waals surface area contributed by atoms with Gasteiger partial charge in [-0.3, -0.25) is 9.97 Å². The van der Waals surface area contributed by atoms with Crippen LogP contribution in [0.15, 0.2) is 151 Å². The van der Waals surface area contributed by atoms with Crippen molar-refractivity contribution in [3.05, 3.63) is 151 Å². The van der Waals surface area contributed by atoms with Crippen LogP contribution < -0.4 is 15.5 Å². The summed E-state index contributed by atoms with van der Waals surface area (Å²) in [5.41, 5.74) is 5.53. The molecule has 4 aromatic carbocycles. The fourth-order valence-electron chi connectivity index (χ4n) is 4.94. The molecule has 0 aliphatic carbocycles. The van der Waals surface area contributed by atoms with E-state index in [0.717, 1.165) is 55.2 Å². The van der Waals surface area contributed by atoms with E-state index in [1.165, 1.54) is 0 Å². The Morgan fingerprint density at radius 1 is 0.558 bits per heavy atom. The number of rotatable bonds is 3. The molecule has 0 spiro atoms. The quantitative estimate of drug-likeness (QED) is 0.195. The van der Waals surface area contributed by atoms with E-state index in [2.05, 4.69) is 48.1 Å². The second-order valence-corrected chi connectivity index (χ2v) is 9.62. The minimum atomic E-state index is 0. The van der Waals surface area contributed by atoms with E-state index < -0.39 is 0 Å². The van der Waals surface area contributed by atoms with Crippen LogP contribution in [-0.4, -0.2) is 15.0 Å². The summed E-state index contributed by atoms with van der Waals surface area (Å²) in [6.45, 7) is 0. The van der Waals surface area contributed by atoms with Crippen LogP contribution in [0.25, 0.3) is 55.2 Å². The van der Waals surface area contributed by atoms with E-state index in [9.17, 15) is 0 Å². The first-order valence-corrected chi connectivity index (χ1v) is 13.6. The summed E-state index contributed by atoms with van der Waals surface area (Å²) >= 11 is 0. The van der Waals surface area contributed by atoms with Crippen molar-refractivity contribution in [3.63, 3.8) is 0 Å². The first-order chi connectivity index (χ1) is 20.8. The van der Waals surface area contributed by atoms with Crippen LogP contribution >= 0.6 is 0 Å². The van der Waals surface area contributed by atoms with E-state index in [1.807, 2.05) is 109 Å². The fraction of sp³-hybridized carbons (Fsp3) is 0. The third kappa shape index (κ3) is 5.89. The van der Waals surface area contributed by atoms with Gasteiger partial charge in [0.15, 0.2) is 0 Å². The standard InChI is InChI=1S/2C18H12N3.Zn/c1-3-7-15-13(5-1)9-11-19-17(15)21-18-16-8-4-2-6-14(16)10-12-20-18;1-2-8-14(13(7-1)15-9-5-6-12-19-15)18-20-16-10-3-4-11-17(16)21-18;/h2*1-12H;/q2*-1;+2. The van der Waals surface area contributed by atoms with E-state index >= 15 is 0 Å². The zero-order valence-electron chi connectivity index (χ0n) is 23.2. The summed E-state index contributed by atoms with van der Waals surface area (Å²) in [7, 11) is 0. The minimum absolute atomic E-state index is 0. The van der Waals surface area contributed by atoms with Crippen LogP contribution in [0.2, 0.25) is 0 Å². The number of pyridine rings is 3. The van der Waals surface area contributed by atoms with Crippen molar-refractivity contribution in [2.45, 2.75) is 0 Å². The molecule has 200 valence electrons. The zero-order chi connectivity index (χ0) is 28.1. The maximum Gasteiger partial charge on any atom is 2.00 e. The Balaban J connectivity index is 0.000000150. The molecule has 6 nitrogen and oxygen atoms in total. The van der Waals surface area contributed by atoms with Crippen molar-refractivity contribution in [1.82, 2.24) is 24.9 Å². The topological polar surface area (TPSA) is 79.2 Å². The van der Waals surface area contributed by atoms with Gasteiger partial charge < -0.3 is 19.9 Å². The smallest absolute Gasteiger partial charge is 0.442 e. The normalized spacial score (nSPS) is 11.2. The summed E-state index contributed by atoms with van der Waals surface area (Å²) in [5.74, 6) is 1.45. The molecule has 0 aliphatic heterocycles. The van der Waals surface area contributed by atoms with Crippen LogP contribution in [-0.2, 0) is 19.5 Å². The van der Waals surface area contributed by atoms with Gasteiger partial charge in [-0.25, -0.2) is 0 Å². The number of hydrogen-bond acceptors (Lipinski definition) is 4. The van der Waals surface area contributed by atoms with Crippen molar-refractivity contribution >= 4 is 38.4 Å². The minimum Gasteiger partial charge on any atom is -0.442 e. The number of para-hydroxylation sites is 2. The molecule has 8 aromatic rings. The predicted octanol–water partition coefficient (Wildman–Crippen LogP) is 7.50. The second-order valence-electron chi connectivity index (χ2n) is 9.62. The molecule has 0 aliphatic rings. The molecule has 0 saturated carbocycles. The van der Waals surface area contributed by atoms with E-state index in [-0.39, 0.29) is 19.5 Å². The number of hydrogen-bond donors (Lipinski definition) is 0. The fourth-order valence-corrected chi connectivity index (χ4v) is 4.94. The van der Waals surface area contributed by atoms with Crippen LogP contribution in [0.5, 0.6) is 0 Å². The second kappa shape index (κ2) is 12.7. The zero-order valence-corrected chi connectivity index (χ0v) is 26.2. The van der Waals surface area contributed by atoms with Crippen LogP contribution in [0.3, 0.4) is 0 Å². The molecule has 7 heteroatoms. The molecule has 0 amide bonds. The molecule has 8 rings (SSSR count). The van der Waals surface area contributed by atoms with Gasteiger partial charge in [-0.15, -0.1) is 0 Å². The molecule has 0 atom stereocenters. The molecule has 4 aromatic heterocycles. The number of nitrogens with zero attached hydrogens (tertiary/aromatic N) is 6. The molecule has 0 unspecified atom stereocenters. The van der Waals surface area contributed by atoms with Gasteiger partial charge in [0.25, 0.3) is 0 Å².